The second kappa shape index (κ2) is 6.02. The molecule has 2 aromatic rings. The lowest BCUT2D eigenvalue weighted by Gasteiger charge is -2.14. The summed E-state index contributed by atoms with van der Waals surface area (Å²) in [5.41, 5.74) is 6.51. The summed E-state index contributed by atoms with van der Waals surface area (Å²) in [7, 11) is 0. The highest BCUT2D eigenvalue weighted by molar-refractivity contribution is 6.30. The Hall–Kier alpha value is -1.33. The number of aromatic nitrogens is 3. The molecule has 2 aromatic heterocycles. The molecule has 0 bridgehead atoms. The molecule has 0 radical (unpaired) electrons. The lowest BCUT2D eigenvalue weighted by Crippen LogP contribution is -2.29. The Morgan fingerprint density at radius 1 is 1.50 bits per heavy atom. The largest absolute Gasteiger partial charge is 0.349 e. The van der Waals surface area contributed by atoms with E-state index in [1.165, 1.54) is 0 Å². The summed E-state index contributed by atoms with van der Waals surface area (Å²) in [6, 6.07) is 3.86. The van der Waals surface area contributed by atoms with E-state index in [1.54, 1.807) is 16.8 Å². The van der Waals surface area contributed by atoms with Crippen LogP contribution in [0.1, 0.15) is 26.2 Å². The van der Waals surface area contributed by atoms with Gasteiger partial charge >= 0.3 is 0 Å². The molecule has 18 heavy (non-hydrogen) atoms. The quantitative estimate of drug-likeness (QED) is 0.843. The Morgan fingerprint density at radius 2 is 2.33 bits per heavy atom. The van der Waals surface area contributed by atoms with Gasteiger partial charge in [0.05, 0.1) is 5.02 Å². The zero-order chi connectivity index (χ0) is 13.0. The van der Waals surface area contributed by atoms with E-state index in [4.69, 9.17) is 17.3 Å². The van der Waals surface area contributed by atoms with Gasteiger partial charge < -0.3 is 11.1 Å². The summed E-state index contributed by atoms with van der Waals surface area (Å²) in [6.45, 7) is 2.75. The van der Waals surface area contributed by atoms with E-state index in [0.717, 1.165) is 24.9 Å². The van der Waals surface area contributed by atoms with Crippen molar-refractivity contribution in [1.29, 1.82) is 0 Å². The minimum atomic E-state index is 0.220. The van der Waals surface area contributed by atoms with Crippen molar-refractivity contribution in [2.24, 2.45) is 5.73 Å². The maximum Gasteiger partial charge on any atom is 0.243 e. The number of hydrogen-bond acceptors (Lipinski definition) is 4. The maximum absolute atomic E-state index is 5.90. The van der Waals surface area contributed by atoms with Gasteiger partial charge in [0.1, 0.15) is 0 Å². The van der Waals surface area contributed by atoms with Gasteiger partial charge in [-0.15, -0.1) is 5.10 Å². The molecule has 0 amide bonds. The number of fused-ring (bicyclic) bond motifs is 1. The first-order valence-corrected chi connectivity index (χ1v) is 6.59. The summed E-state index contributed by atoms with van der Waals surface area (Å²) >= 11 is 5.90. The fraction of sp³-hybridized carbons (Fsp3) is 0.500. The molecule has 6 heteroatoms. The van der Waals surface area contributed by atoms with Gasteiger partial charge in [-0.05, 0) is 18.6 Å². The number of nitrogens with one attached hydrogen (secondary N) is 1. The monoisotopic (exact) mass is 267 g/mol. The first kappa shape index (κ1) is 13.1. The third-order valence-electron chi connectivity index (χ3n) is 2.82. The smallest absolute Gasteiger partial charge is 0.243 e. The van der Waals surface area contributed by atoms with Crippen molar-refractivity contribution in [3.05, 3.63) is 23.4 Å². The normalized spacial score (nSPS) is 12.8. The molecule has 0 saturated carbocycles. The van der Waals surface area contributed by atoms with E-state index >= 15 is 0 Å². The number of rotatable bonds is 6. The van der Waals surface area contributed by atoms with Crippen LogP contribution in [0.15, 0.2) is 18.3 Å². The first-order chi connectivity index (χ1) is 8.72. The lowest BCUT2D eigenvalue weighted by atomic mass is 10.1. The van der Waals surface area contributed by atoms with Crippen LogP contribution in [0, 0.1) is 0 Å². The van der Waals surface area contributed by atoms with Crippen LogP contribution in [0.2, 0.25) is 5.02 Å². The Balaban J connectivity index is 2.10. The molecule has 0 aliphatic heterocycles. The maximum atomic E-state index is 5.90. The van der Waals surface area contributed by atoms with Crippen LogP contribution in [-0.4, -0.2) is 27.2 Å². The number of anilines is 1. The SMILES string of the molecule is CCCCC(CN)Nc1nc2ccc(Cl)cn2n1. The van der Waals surface area contributed by atoms with Crippen LogP contribution in [0.5, 0.6) is 0 Å². The number of nitrogens with zero attached hydrogens (tertiary/aromatic N) is 3. The van der Waals surface area contributed by atoms with Gasteiger partial charge in [-0.3, -0.25) is 0 Å². The molecule has 98 valence electrons. The molecular weight excluding hydrogens is 250 g/mol. The predicted molar refractivity (Wildman–Crippen MR) is 74.0 cm³/mol. The molecule has 0 saturated heterocycles. The second-order valence-electron chi connectivity index (χ2n) is 4.30. The molecule has 0 aliphatic rings. The summed E-state index contributed by atoms with van der Waals surface area (Å²) in [6.07, 6.45) is 5.07. The van der Waals surface area contributed by atoms with Gasteiger partial charge in [-0.2, -0.15) is 4.98 Å². The van der Waals surface area contributed by atoms with Gasteiger partial charge in [0, 0.05) is 18.8 Å². The van der Waals surface area contributed by atoms with Gasteiger partial charge in [0.15, 0.2) is 5.65 Å². The molecular formula is C12H18ClN5. The van der Waals surface area contributed by atoms with Crippen molar-refractivity contribution in [3.8, 4) is 0 Å². The Kier molecular flexibility index (Phi) is 4.38. The molecule has 5 nitrogen and oxygen atoms in total. The number of pyridine rings is 1. The van der Waals surface area contributed by atoms with E-state index in [0.29, 0.717) is 17.5 Å². The molecule has 0 spiro atoms. The van der Waals surface area contributed by atoms with Crippen LogP contribution >= 0.6 is 11.6 Å². The van der Waals surface area contributed by atoms with E-state index in [9.17, 15) is 0 Å². The fourth-order valence-electron chi connectivity index (χ4n) is 1.80. The average molecular weight is 268 g/mol. The van der Waals surface area contributed by atoms with Crippen molar-refractivity contribution in [3.63, 3.8) is 0 Å². The first-order valence-electron chi connectivity index (χ1n) is 6.21. The number of unbranched alkanes of at least 4 members (excludes halogenated alkanes) is 1. The van der Waals surface area contributed by atoms with Crippen molar-refractivity contribution in [2.45, 2.75) is 32.2 Å². The molecule has 2 rings (SSSR count). The Bertz CT molecular complexity index is 510. The number of nitrogens with two attached hydrogens (primary N) is 1. The lowest BCUT2D eigenvalue weighted by molar-refractivity contribution is 0.610. The van der Waals surface area contributed by atoms with Gasteiger partial charge in [0.2, 0.25) is 5.95 Å². The van der Waals surface area contributed by atoms with Gasteiger partial charge in [-0.1, -0.05) is 31.4 Å². The molecule has 1 atom stereocenters. The highest BCUT2D eigenvalue weighted by Crippen LogP contribution is 2.12. The molecule has 0 aromatic carbocycles. The third-order valence-corrected chi connectivity index (χ3v) is 3.04. The predicted octanol–water partition coefficient (Wildman–Crippen LogP) is 2.31. The van der Waals surface area contributed by atoms with Crippen molar-refractivity contribution in [2.75, 3.05) is 11.9 Å². The second-order valence-corrected chi connectivity index (χ2v) is 4.74. The van der Waals surface area contributed by atoms with E-state index in [-0.39, 0.29) is 6.04 Å². The molecule has 2 heterocycles. The molecule has 0 fully saturated rings. The highest BCUT2D eigenvalue weighted by Gasteiger charge is 2.09. The highest BCUT2D eigenvalue weighted by atomic mass is 35.5. The van der Waals surface area contributed by atoms with Gasteiger partial charge in [-0.25, -0.2) is 4.52 Å². The Morgan fingerprint density at radius 3 is 3.06 bits per heavy atom. The number of hydrogen-bond donors (Lipinski definition) is 2. The van der Waals surface area contributed by atoms with Crippen LogP contribution in [0.4, 0.5) is 5.95 Å². The number of halogens is 1. The molecule has 0 aliphatic carbocycles. The fourth-order valence-corrected chi connectivity index (χ4v) is 1.96. The van der Waals surface area contributed by atoms with E-state index in [1.807, 2.05) is 6.07 Å². The topological polar surface area (TPSA) is 68.2 Å². The van der Waals surface area contributed by atoms with Crippen LogP contribution in [0.3, 0.4) is 0 Å². The van der Waals surface area contributed by atoms with Crippen LogP contribution in [0.25, 0.3) is 5.65 Å². The van der Waals surface area contributed by atoms with Crippen LogP contribution < -0.4 is 11.1 Å². The third kappa shape index (κ3) is 3.11. The summed E-state index contributed by atoms with van der Waals surface area (Å²) in [5, 5.41) is 8.22. The van der Waals surface area contributed by atoms with Gasteiger partial charge in [0.25, 0.3) is 0 Å². The van der Waals surface area contributed by atoms with Crippen molar-refractivity contribution < 1.29 is 0 Å². The van der Waals surface area contributed by atoms with Crippen LogP contribution in [-0.2, 0) is 0 Å². The van der Waals surface area contributed by atoms with Crippen molar-refractivity contribution >= 4 is 23.2 Å². The minimum absolute atomic E-state index is 0.220. The summed E-state index contributed by atoms with van der Waals surface area (Å²) < 4.78 is 1.66. The van der Waals surface area contributed by atoms with Crippen molar-refractivity contribution in [1.82, 2.24) is 14.6 Å². The average Bonchev–Trinajstić information content (AvgIpc) is 2.75. The minimum Gasteiger partial charge on any atom is -0.349 e. The summed E-state index contributed by atoms with van der Waals surface area (Å²) in [5.74, 6) is 0.601. The zero-order valence-corrected chi connectivity index (χ0v) is 11.2. The Labute approximate surface area is 111 Å². The molecule has 1 unspecified atom stereocenters. The van der Waals surface area contributed by atoms with E-state index < -0.39 is 0 Å². The molecule has 3 N–H and O–H groups in total. The van der Waals surface area contributed by atoms with E-state index in [2.05, 4.69) is 22.3 Å². The zero-order valence-electron chi connectivity index (χ0n) is 10.4. The summed E-state index contributed by atoms with van der Waals surface area (Å²) in [4.78, 5) is 4.38. The standard InChI is InChI=1S/C12H18ClN5/c1-2-3-4-10(7-14)15-12-16-11-6-5-9(13)8-18(11)17-12/h5-6,8,10H,2-4,7,14H2,1H3,(H,15,17).